The Morgan fingerprint density at radius 1 is 1.04 bits per heavy atom. The highest BCUT2D eigenvalue weighted by Crippen LogP contribution is 2.09. The van der Waals surface area contributed by atoms with E-state index < -0.39 is 40.9 Å². The summed E-state index contributed by atoms with van der Waals surface area (Å²) in [5.74, 6) is -2.13. The molecule has 2 aromatic rings. The van der Waals surface area contributed by atoms with E-state index in [9.17, 15) is 22.4 Å². The van der Waals surface area contributed by atoms with Gasteiger partial charge in [0.2, 0.25) is 10.0 Å². The van der Waals surface area contributed by atoms with E-state index in [1.165, 1.54) is 12.1 Å². The molecule has 0 aliphatic heterocycles. The van der Waals surface area contributed by atoms with Gasteiger partial charge in [0.25, 0.3) is 5.91 Å². The molecule has 0 atom stereocenters. The third-order valence-corrected chi connectivity index (χ3v) is 4.85. The Kier molecular flexibility index (Phi) is 7.44. The van der Waals surface area contributed by atoms with Gasteiger partial charge in [-0.15, -0.1) is 0 Å². The summed E-state index contributed by atoms with van der Waals surface area (Å²) in [6.45, 7) is -0.807. The molecule has 0 spiro atoms. The van der Waals surface area contributed by atoms with Crippen molar-refractivity contribution in [2.75, 3.05) is 19.7 Å². The van der Waals surface area contributed by atoms with Crippen molar-refractivity contribution in [2.45, 2.75) is 11.3 Å². The van der Waals surface area contributed by atoms with Crippen molar-refractivity contribution in [2.24, 2.45) is 0 Å². The first-order valence-corrected chi connectivity index (χ1v) is 9.56. The zero-order valence-electron chi connectivity index (χ0n) is 14.4. The van der Waals surface area contributed by atoms with Crippen LogP contribution in [-0.2, 0) is 30.8 Å². The van der Waals surface area contributed by atoms with E-state index in [2.05, 4.69) is 5.32 Å². The molecule has 0 unspecified atom stereocenters. The van der Waals surface area contributed by atoms with Crippen molar-refractivity contribution in [1.82, 2.24) is 10.0 Å². The third-order valence-electron chi connectivity index (χ3n) is 3.46. The normalized spacial score (nSPS) is 11.0. The first-order valence-electron chi connectivity index (χ1n) is 8.08. The number of hydrogen-bond acceptors (Lipinski definition) is 5. The molecule has 144 valence electrons. The molecule has 0 aliphatic rings. The molecule has 1 amide bonds. The Morgan fingerprint density at radius 3 is 2.48 bits per heavy atom. The maximum Gasteiger partial charge on any atom is 0.321 e. The number of benzene rings is 2. The van der Waals surface area contributed by atoms with Gasteiger partial charge in [0.1, 0.15) is 12.4 Å². The highest BCUT2D eigenvalue weighted by molar-refractivity contribution is 7.89. The molecule has 0 bridgehead atoms. The summed E-state index contributed by atoms with van der Waals surface area (Å²) in [7, 11) is -4.05. The van der Waals surface area contributed by atoms with Crippen LogP contribution in [0.2, 0.25) is 0 Å². The van der Waals surface area contributed by atoms with Gasteiger partial charge < -0.3 is 10.1 Å². The first kappa shape index (κ1) is 20.5. The number of nitrogens with one attached hydrogen (secondary N) is 2. The molecule has 2 N–H and O–H groups in total. The lowest BCUT2D eigenvalue weighted by Gasteiger charge is -2.08. The van der Waals surface area contributed by atoms with E-state index in [0.29, 0.717) is 13.0 Å². The molecule has 0 fully saturated rings. The second-order valence-electron chi connectivity index (χ2n) is 5.53. The minimum Gasteiger partial charge on any atom is -0.455 e. The minimum absolute atomic E-state index is 0.311. The lowest BCUT2D eigenvalue weighted by molar-refractivity contribution is -0.147. The third kappa shape index (κ3) is 7.16. The van der Waals surface area contributed by atoms with Crippen molar-refractivity contribution in [3.05, 3.63) is 66.0 Å². The van der Waals surface area contributed by atoms with Gasteiger partial charge in [-0.2, -0.15) is 4.72 Å². The average Bonchev–Trinajstić information content (AvgIpc) is 2.66. The molecule has 2 rings (SSSR count). The largest absolute Gasteiger partial charge is 0.455 e. The predicted octanol–water partition coefficient (Wildman–Crippen LogP) is 1.01. The molecule has 0 aromatic heterocycles. The van der Waals surface area contributed by atoms with Gasteiger partial charge in [-0.05, 0) is 30.2 Å². The van der Waals surface area contributed by atoms with E-state index in [1.807, 2.05) is 35.1 Å². The van der Waals surface area contributed by atoms with Crippen LogP contribution in [0.4, 0.5) is 4.39 Å². The van der Waals surface area contributed by atoms with E-state index in [0.717, 1.165) is 17.7 Å². The number of amides is 1. The Bertz CT molecular complexity index is 888. The Hall–Kier alpha value is -2.78. The maximum atomic E-state index is 13.1. The smallest absolute Gasteiger partial charge is 0.321 e. The summed E-state index contributed by atoms with van der Waals surface area (Å²) >= 11 is 0. The fourth-order valence-corrected chi connectivity index (χ4v) is 3.11. The number of rotatable bonds is 9. The quantitative estimate of drug-likeness (QED) is 0.618. The molecule has 0 heterocycles. The van der Waals surface area contributed by atoms with Gasteiger partial charge in [0.15, 0.2) is 6.61 Å². The molecular formula is C18H19FN2O5S. The van der Waals surface area contributed by atoms with Crippen LogP contribution in [0.1, 0.15) is 5.56 Å². The Balaban J connectivity index is 1.68. The van der Waals surface area contributed by atoms with Gasteiger partial charge in [-0.1, -0.05) is 36.4 Å². The van der Waals surface area contributed by atoms with Gasteiger partial charge >= 0.3 is 5.97 Å². The second kappa shape index (κ2) is 9.79. The number of halogens is 1. The first-order chi connectivity index (χ1) is 12.9. The van der Waals surface area contributed by atoms with Crippen molar-refractivity contribution < 1.29 is 27.1 Å². The number of carbonyl (C=O) groups is 2. The molecule has 0 radical (unpaired) electrons. The highest BCUT2D eigenvalue weighted by Gasteiger charge is 2.17. The maximum absolute atomic E-state index is 13.1. The van der Waals surface area contributed by atoms with E-state index >= 15 is 0 Å². The summed E-state index contributed by atoms with van der Waals surface area (Å²) in [6.07, 6.45) is 0.633. The number of hydrogen-bond donors (Lipinski definition) is 2. The number of ether oxygens (including phenoxy) is 1. The van der Waals surface area contributed by atoms with Gasteiger partial charge in [0.05, 0.1) is 4.90 Å². The predicted molar refractivity (Wildman–Crippen MR) is 95.7 cm³/mol. The van der Waals surface area contributed by atoms with Crippen LogP contribution < -0.4 is 10.0 Å². The van der Waals surface area contributed by atoms with E-state index in [4.69, 9.17) is 4.74 Å². The lowest BCUT2D eigenvalue weighted by Crippen LogP contribution is -2.34. The standard InChI is InChI=1S/C18H19FN2O5S/c19-15-7-4-8-16(11-15)27(24,25)21-12-18(23)26-13-17(22)20-10-9-14-5-2-1-3-6-14/h1-8,11,21H,9-10,12-13H2,(H,20,22). The highest BCUT2D eigenvalue weighted by atomic mass is 32.2. The lowest BCUT2D eigenvalue weighted by atomic mass is 10.1. The topological polar surface area (TPSA) is 102 Å². The molecule has 0 saturated carbocycles. The molecule has 9 heteroatoms. The number of sulfonamides is 1. The molecular weight excluding hydrogens is 375 g/mol. The van der Waals surface area contributed by atoms with Crippen LogP contribution in [0.25, 0.3) is 0 Å². The summed E-state index contributed by atoms with van der Waals surface area (Å²) in [5.41, 5.74) is 1.06. The van der Waals surface area contributed by atoms with E-state index in [-0.39, 0.29) is 4.90 Å². The summed E-state index contributed by atoms with van der Waals surface area (Å²) in [5, 5.41) is 2.59. The van der Waals surface area contributed by atoms with Crippen molar-refractivity contribution in [3.63, 3.8) is 0 Å². The van der Waals surface area contributed by atoms with E-state index in [1.54, 1.807) is 0 Å². The van der Waals surface area contributed by atoms with Crippen molar-refractivity contribution >= 4 is 21.9 Å². The van der Waals surface area contributed by atoms with Crippen LogP contribution in [-0.4, -0.2) is 40.0 Å². The van der Waals surface area contributed by atoms with Gasteiger partial charge in [-0.25, -0.2) is 12.8 Å². The molecule has 27 heavy (non-hydrogen) atoms. The average molecular weight is 394 g/mol. The van der Waals surface area contributed by atoms with Gasteiger partial charge in [-0.3, -0.25) is 9.59 Å². The van der Waals surface area contributed by atoms with Crippen LogP contribution in [0.5, 0.6) is 0 Å². The van der Waals surface area contributed by atoms with Crippen molar-refractivity contribution in [1.29, 1.82) is 0 Å². The zero-order valence-corrected chi connectivity index (χ0v) is 15.2. The van der Waals surface area contributed by atoms with Crippen LogP contribution in [0.15, 0.2) is 59.5 Å². The van der Waals surface area contributed by atoms with Crippen LogP contribution in [0, 0.1) is 5.82 Å². The van der Waals surface area contributed by atoms with Crippen LogP contribution >= 0.6 is 0 Å². The fourth-order valence-electron chi connectivity index (χ4n) is 2.11. The fraction of sp³-hybridized carbons (Fsp3) is 0.222. The Morgan fingerprint density at radius 2 is 1.78 bits per heavy atom. The molecule has 2 aromatic carbocycles. The molecule has 7 nitrogen and oxygen atoms in total. The number of carbonyl (C=O) groups excluding carboxylic acids is 2. The Labute approximate surface area is 156 Å². The molecule has 0 aliphatic carbocycles. The van der Waals surface area contributed by atoms with Crippen LogP contribution in [0.3, 0.4) is 0 Å². The van der Waals surface area contributed by atoms with Crippen molar-refractivity contribution in [3.8, 4) is 0 Å². The minimum atomic E-state index is -4.05. The summed E-state index contributed by atoms with van der Waals surface area (Å²) in [6, 6.07) is 13.9. The summed E-state index contributed by atoms with van der Waals surface area (Å²) < 4.78 is 43.7. The monoisotopic (exact) mass is 394 g/mol. The number of esters is 1. The molecule has 0 saturated heterocycles. The zero-order chi connectivity index (χ0) is 19.7. The second-order valence-corrected chi connectivity index (χ2v) is 7.30. The van der Waals surface area contributed by atoms with Gasteiger partial charge in [0, 0.05) is 6.54 Å². The SMILES string of the molecule is O=C(COC(=O)CNS(=O)(=O)c1cccc(F)c1)NCCc1ccccc1. The summed E-state index contributed by atoms with van der Waals surface area (Å²) in [4.78, 5) is 22.9.